The molecule has 0 aliphatic heterocycles. The third kappa shape index (κ3) is 2.92. The van der Waals surface area contributed by atoms with E-state index >= 15 is 0 Å². The first-order chi connectivity index (χ1) is 11.6. The molecule has 0 aliphatic rings. The van der Waals surface area contributed by atoms with Gasteiger partial charge in [-0.05, 0) is 31.2 Å². The SMILES string of the molecule is CCOc1cc2c(-c3ccc(NC(C)=O)cc3)n[nH]c2cc1C#N. The molecule has 3 rings (SSSR count). The molecule has 1 aromatic heterocycles. The van der Waals surface area contributed by atoms with Crippen LogP contribution in [0.1, 0.15) is 19.4 Å². The number of nitrogens with zero attached hydrogens (tertiary/aromatic N) is 2. The summed E-state index contributed by atoms with van der Waals surface area (Å²) in [5.74, 6) is 0.434. The lowest BCUT2D eigenvalue weighted by atomic mass is 10.1. The van der Waals surface area contributed by atoms with Crippen molar-refractivity contribution in [3.8, 4) is 23.1 Å². The van der Waals surface area contributed by atoms with Crippen molar-refractivity contribution in [2.45, 2.75) is 13.8 Å². The largest absolute Gasteiger partial charge is 0.492 e. The van der Waals surface area contributed by atoms with E-state index in [1.807, 2.05) is 37.3 Å². The van der Waals surface area contributed by atoms with Crippen molar-refractivity contribution in [2.75, 3.05) is 11.9 Å². The number of hydrogen-bond donors (Lipinski definition) is 2. The zero-order valence-electron chi connectivity index (χ0n) is 13.4. The molecule has 6 heteroatoms. The van der Waals surface area contributed by atoms with Gasteiger partial charge in [0.1, 0.15) is 17.5 Å². The number of nitrogens with one attached hydrogen (secondary N) is 2. The molecule has 0 aliphatic carbocycles. The van der Waals surface area contributed by atoms with Crippen LogP contribution in [0.2, 0.25) is 0 Å². The fourth-order valence-corrected chi connectivity index (χ4v) is 2.54. The zero-order chi connectivity index (χ0) is 17.1. The summed E-state index contributed by atoms with van der Waals surface area (Å²) in [6.07, 6.45) is 0. The predicted octanol–water partition coefficient (Wildman–Crippen LogP) is 3.46. The molecule has 6 nitrogen and oxygen atoms in total. The topological polar surface area (TPSA) is 90.8 Å². The van der Waals surface area contributed by atoms with E-state index in [4.69, 9.17) is 4.74 Å². The van der Waals surface area contributed by atoms with E-state index in [9.17, 15) is 10.1 Å². The summed E-state index contributed by atoms with van der Waals surface area (Å²) >= 11 is 0. The predicted molar refractivity (Wildman–Crippen MR) is 91.7 cm³/mol. The Morgan fingerprint density at radius 2 is 2.08 bits per heavy atom. The fraction of sp³-hybridized carbons (Fsp3) is 0.167. The van der Waals surface area contributed by atoms with E-state index in [1.54, 1.807) is 6.07 Å². The van der Waals surface area contributed by atoms with Crippen molar-refractivity contribution in [3.05, 3.63) is 42.0 Å². The lowest BCUT2D eigenvalue weighted by Crippen LogP contribution is -2.05. The standard InChI is InChI=1S/C18H16N4O2/c1-3-24-17-9-15-16(8-13(17)10-19)21-22-18(15)12-4-6-14(7-5-12)20-11(2)23/h4-9H,3H2,1-2H3,(H,20,23)(H,21,22). The second kappa shape index (κ2) is 6.42. The number of rotatable bonds is 4. The maximum atomic E-state index is 11.1. The Morgan fingerprint density at radius 1 is 1.33 bits per heavy atom. The lowest BCUT2D eigenvalue weighted by molar-refractivity contribution is -0.114. The van der Waals surface area contributed by atoms with Crippen LogP contribution in [-0.2, 0) is 4.79 Å². The molecule has 0 saturated carbocycles. The Balaban J connectivity index is 2.05. The number of carbonyl (C=O) groups excluding carboxylic acids is 1. The van der Waals surface area contributed by atoms with Crippen LogP contribution in [0.5, 0.6) is 5.75 Å². The van der Waals surface area contributed by atoms with Gasteiger partial charge >= 0.3 is 0 Å². The maximum Gasteiger partial charge on any atom is 0.221 e. The summed E-state index contributed by atoms with van der Waals surface area (Å²) in [5, 5.41) is 20.2. The number of aromatic nitrogens is 2. The summed E-state index contributed by atoms with van der Waals surface area (Å²) in [6.45, 7) is 3.83. The average molecular weight is 320 g/mol. The average Bonchev–Trinajstić information content (AvgIpc) is 2.97. The van der Waals surface area contributed by atoms with Gasteiger partial charge in [-0.25, -0.2) is 0 Å². The highest BCUT2D eigenvalue weighted by Gasteiger charge is 2.13. The second-order valence-corrected chi connectivity index (χ2v) is 5.27. The Hall–Kier alpha value is -3.33. The second-order valence-electron chi connectivity index (χ2n) is 5.27. The molecule has 0 unspecified atom stereocenters. The molecule has 0 saturated heterocycles. The van der Waals surface area contributed by atoms with Crippen molar-refractivity contribution in [1.29, 1.82) is 5.26 Å². The number of benzene rings is 2. The molecule has 2 N–H and O–H groups in total. The summed E-state index contributed by atoms with van der Waals surface area (Å²) < 4.78 is 5.55. The normalized spacial score (nSPS) is 10.4. The van der Waals surface area contributed by atoms with E-state index in [1.165, 1.54) is 6.92 Å². The molecule has 2 aromatic carbocycles. The van der Waals surface area contributed by atoms with Crippen LogP contribution < -0.4 is 10.1 Å². The Morgan fingerprint density at radius 3 is 2.71 bits per heavy atom. The Labute approximate surface area is 139 Å². The number of carbonyl (C=O) groups is 1. The molecule has 3 aromatic rings. The highest BCUT2D eigenvalue weighted by Crippen LogP contribution is 2.32. The quantitative estimate of drug-likeness (QED) is 0.770. The highest BCUT2D eigenvalue weighted by molar-refractivity contribution is 5.95. The number of H-pyrrole nitrogens is 1. The molecule has 120 valence electrons. The van der Waals surface area contributed by atoms with Crippen LogP contribution in [0.3, 0.4) is 0 Å². The molecule has 0 bridgehead atoms. The van der Waals surface area contributed by atoms with Crippen molar-refractivity contribution in [1.82, 2.24) is 10.2 Å². The Bertz CT molecular complexity index is 936. The highest BCUT2D eigenvalue weighted by atomic mass is 16.5. The number of anilines is 1. The molecule has 0 fully saturated rings. The van der Waals surface area contributed by atoms with Gasteiger partial charge in [-0.2, -0.15) is 10.4 Å². The van der Waals surface area contributed by atoms with Gasteiger partial charge in [0, 0.05) is 23.6 Å². The molecule has 0 spiro atoms. The number of nitriles is 1. The third-order valence-corrected chi connectivity index (χ3v) is 3.56. The summed E-state index contributed by atoms with van der Waals surface area (Å²) in [5.41, 5.74) is 3.65. The van der Waals surface area contributed by atoms with Crippen LogP contribution in [0.15, 0.2) is 36.4 Å². The van der Waals surface area contributed by atoms with Gasteiger partial charge in [0.2, 0.25) is 5.91 Å². The smallest absolute Gasteiger partial charge is 0.221 e. The maximum absolute atomic E-state index is 11.1. The minimum atomic E-state index is -0.113. The number of ether oxygens (including phenoxy) is 1. The molecule has 24 heavy (non-hydrogen) atoms. The minimum absolute atomic E-state index is 0.113. The Kier molecular flexibility index (Phi) is 4.17. The number of fused-ring (bicyclic) bond motifs is 1. The summed E-state index contributed by atoms with van der Waals surface area (Å²) in [6, 6.07) is 13.1. The van der Waals surface area contributed by atoms with Crippen LogP contribution in [0, 0.1) is 11.3 Å². The van der Waals surface area contributed by atoms with Gasteiger partial charge in [0.15, 0.2) is 0 Å². The molecule has 0 radical (unpaired) electrons. The van der Waals surface area contributed by atoms with E-state index < -0.39 is 0 Å². The number of hydrogen-bond acceptors (Lipinski definition) is 4. The summed E-state index contributed by atoms with van der Waals surface area (Å²) in [7, 11) is 0. The van der Waals surface area contributed by atoms with E-state index in [2.05, 4.69) is 21.6 Å². The van der Waals surface area contributed by atoms with Crippen molar-refractivity contribution >= 4 is 22.5 Å². The van der Waals surface area contributed by atoms with Crippen LogP contribution in [0.25, 0.3) is 22.2 Å². The van der Waals surface area contributed by atoms with Gasteiger partial charge < -0.3 is 10.1 Å². The molecule has 1 heterocycles. The van der Waals surface area contributed by atoms with Crippen LogP contribution >= 0.6 is 0 Å². The fourth-order valence-electron chi connectivity index (χ4n) is 2.54. The molecular formula is C18H16N4O2. The van der Waals surface area contributed by atoms with Gasteiger partial charge in [0.05, 0.1) is 17.7 Å². The lowest BCUT2D eigenvalue weighted by Gasteiger charge is -2.06. The van der Waals surface area contributed by atoms with Crippen molar-refractivity contribution in [3.63, 3.8) is 0 Å². The molecule has 0 atom stereocenters. The first kappa shape index (κ1) is 15.6. The van der Waals surface area contributed by atoms with Crippen molar-refractivity contribution in [2.24, 2.45) is 0 Å². The first-order valence-electron chi connectivity index (χ1n) is 7.55. The minimum Gasteiger partial charge on any atom is -0.492 e. The van der Waals surface area contributed by atoms with Gasteiger partial charge in [-0.1, -0.05) is 12.1 Å². The van der Waals surface area contributed by atoms with Crippen LogP contribution in [-0.4, -0.2) is 22.7 Å². The number of amides is 1. The van der Waals surface area contributed by atoms with Gasteiger partial charge in [-0.15, -0.1) is 0 Å². The van der Waals surface area contributed by atoms with E-state index in [0.717, 1.165) is 27.8 Å². The summed E-state index contributed by atoms with van der Waals surface area (Å²) in [4.78, 5) is 11.1. The van der Waals surface area contributed by atoms with E-state index in [0.29, 0.717) is 17.9 Å². The number of aromatic amines is 1. The van der Waals surface area contributed by atoms with Crippen molar-refractivity contribution < 1.29 is 9.53 Å². The van der Waals surface area contributed by atoms with Crippen LogP contribution in [0.4, 0.5) is 5.69 Å². The third-order valence-electron chi connectivity index (χ3n) is 3.56. The first-order valence-corrected chi connectivity index (χ1v) is 7.55. The molecular weight excluding hydrogens is 304 g/mol. The van der Waals surface area contributed by atoms with Gasteiger partial charge in [-0.3, -0.25) is 9.89 Å². The van der Waals surface area contributed by atoms with Gasteiger partial charge in [0.25, 0.3) is 0 Å². The zero-order valence-corrected chi connectivity index (χ0v) is 13.4. The molecule has 1 amide bonds. The van der Waals surface area contributed by atoms with E-state index in [-0.39, 0.29) is 5.91 Å². The monoisotopic (exact) mass is 320 g/mol.